The zero-order chi connectivity index (χ0) is 15.4. The molecule has 0 N–H and O–H groups in total. The molecule has 3 aromatic carbocycles. The average molecular weight is 293 g/mol. The van der Waals surface area contributed by atoms with E-state index in [0.29, 0.717) is 11.5 Å². The first-order chi connectivity index (χ1) is 10.7. The van der Waals surface area contributed by atoms with Crippen molar-refractivity contribution in [2.75, 3.05) is 26.2 Å². The number of methoxy groups -OCH3 is 2. The molecule has 4 heteroatoms. The van der Waals surface area contributed by atoms with Crippen LogP contribution in [0.5, 0.6) is 11.5 Å². The molecule has 0 aliphatic carbocycles. The van der Waals surface area contributed by atoms with Gasteiger partial charge in [-0.1, -0.05) is 18.2 Å². The third-order valence-corrected chi connectivity index (χ3v) is 4.36. The molecule has 0 bridgehead atoms. The fraction of sp³-hybridized carbons (Fsp3) is 0.167. The number of carbonyl (C=O) groups is 1. The minimum atomic E-state index is 0.0295. The molecule has 1 aliphatic heterocycles. The smallest absolute Gasteiger partial charge is 0.258 e. The highest BCUT2D eigenvalue weighted by molar-refractivity contribution is 6.30. The van der Waals surface area contributed by atoms with Gasteiger partial charge >= 0.3 is 0 Å². The zero-order valence-corrected chi connectivity index (χ0v) is 12.6. The van der Waals surface area contributed by atoms with Crippen LogP contribution in [0.25, 0.3) is 21.5 Å². The van der Waals surface area contributed by atoms with Crippen LogP contribution in [0.4, 0.5) is 5.69 Å². The van der Waals surface area contributed by atoms with Crippen LogP contribution < -0.4 is 14.4 Å². The van der Waals surface area contributed by atoms with Gasteiger partial charge in [-0.2, -0.15) is 0 Å². The second kappa shape index (κ2) is 4.37. The second-order valence-corrected chi connectivity index (χ2v) is 5.39. The molecule has 0 radical (unpaired) electrons. The molecule has 110 valence electrons. The Morgan fingerprint density at radius 2 is 1.82 bits per heavy atom. The standard InChI is InChI=1S/C18H15NO3/c1-19-13-9-10-7-8-14(21-2)17(22-3)15(10)11-5-4-6-12(16(11)13)18(19)20/h4-9H,1-3H3. The maximum absolute atomic E-state index is 12.4. The molecule has 1 amide bonds. The first-order valence-electron chi connectivity index (χ1n) is 7.06. The van der Waals surface area contributed by atoms with Crippen molar-refractivity contribution in [2.45, 2.75) is 0 Å². The maximum atomic E-state index is 12.4. The summed E-state index contributed by atoms with van der Waals surface area (Å²) >= 11 is 0. The van der Waals surface area contributed by atoms with Crippen molar-refractivity contribution in [3.63, 3.8) is 0 Å². The van der Waals surface area contributed by atoms with E-state index in [1.54, 1.807) is 19.1 Å². The first kappa shape index (κ1) is 13.0. The Labute approximate surface area is 127 Å². The summed E-state index contributed by atoms with van der Waals surface area (Å²) in [6, 6.07) is 11.7. The van der Waals surface area contributed by atoms with Gasteiger partial charge < -0.3 is 14.4 Å². The number of rotatable bonds is 2. The molecule has 4 rings (SSSR count). The van der Waals surface area contributed by atoms with Gasteiger partial charge in [-0.05, 0) is 29.0 Å². The fourth-order valence-corrected chi connectivity index (χ4v) is 3.33. The topological polar surface area (TPSA) is 38.8 Å². The Kier molecular flexibility index (Phi) is 2.57. The number of benzene rings is 3. The van der Waals surface area contributed by atoms with E-state index in [1.165, 1.54) is 0 Å². The van der Waals surface area contributed by atoms with Crippen LogP contribution in [-0.4, -0.2) is 27.2 Å². The molecule has 4 nitrogen and oxygen atoms in total. The average Bonchev–Trinajstić information content (AvgIpc) is 2.80. The van der Waals surface area contributed by atoms with Gasteiger partial charge in [-0.15, -0.1) is 0 Å². The lowest BCUT2D eigenvalue weighted by molar-refractivity contribution is 0.0999. The second-order valence-electron chi connectivity index (χ2n) is 5.39. The van der Waals surface area contributed by atoms with E-state index in [9.17, 15) is 4.79 Å². The number of anilines is 1. The minimum Gasteiger partial charge on any atom is -0.493 e. The highest BCUT2D eigenvalue weighted by Crippen LogP contribution is 2.46. The van der Waals surface area contributed by atoms with Gasteiger partial charge in [-0.3, -0.25) is 4.79 Å². The van der Waals surface area contributed by atoms with Gasteiger partial charge in [0, 0.05) is 23.4 Å². The lowest BCUT2D eigenvalue weighted by Gasteiger charge is -2.15. The number of carbonyl (C=O) groups excluding carboxylic acids is 1. The van der Waals surface area contributed by atoms with Gasteiger partial charge in [0.05, 0.1) is 19.9 Å². The third kappa shape index (κ3) is 1.44. The molecule has 3 aromatic rings. The van der Waals surface area contributed by atoms with Gasteiger partial charge in [0.15, 0.2) is 11.5 Å². The monoisotopic (exact) mass is 293 g/mol. The summed E-state index contributed by atoms with van der Waals surface area (Å²) in [5, 5.41) is 4.00. The van der Waals surface area contributed by atoms with Crippen LogP contribution >= 0.6 is 0 Å². The molecule has 0 saturated heterocycles. The summed E-state index contributed by atoms with van der Waals surface area (Å²) in [7, 11) is 5.07. The molecule has 1 aliphatic rings. The van der Waals surface area contributed by atoms with Crippen LogP contribution in [-0.2, 0) is 0 Å². The van der Waals surface area contributed by atoms with Crippen molar-refractivity contribution in [2.24, 2.45) is 0 Å². The Hall–Kier alpha value is -2.75. The summed E-state index contributed by atoms with van der Waals surface area (Å²) < 4.78 is 11.0. The SMILES string of the molecule is COc1ccc2cc3c4c(cccc4c2c1OC)C(=O)N3C. The molecule has 0 spiro atoms. The maximum Gasteiger partial charge on any atom is 0.258 e. The van der Waals surface area contributed by atoms with E-state index >= 15 is 0 Å². The highest BCUT2D eigenvalue weighted by atomic mass is 16.5. The van der Waals surface area contributed by atoms with Crippen molar-refractivity contribution < 1.29 is 14.3 Å². The Morgan fingerprint density at radius 1 is 1.00 bits per heavy atom. The van der Waals surface area contributed by atoms with E-state index in [2.05, 4.69) is 0 Å². The van der Waals surface area contributed by atoms with E-state index in [-0.39, 0.29) is 5.91 Å². The van der Waals surface area contributed by atoms with Crippen molar-refractivity contribution in [1.29, 1.82) is 0 Å². The van der Waals surface area contributed by atoms with Crippen LogP contribution in [0.1, 0.15) is 10.4 Å². The van der Waals surface area contributed by atoms with E-state index < -0.39 is 0 Å². The van der Waals surface area contributed by atoms with Crippen molar-refractivity contribution in [3.8, 4) is 11.5 Å². The summed E-state index contributed by atoms with van der Waals surface area (Å²) in [5.41, 5.74) is 1.68. The quantitative estimate of drug-likeness (QED) is 0.678. The van der Waals surface area contributed by atoms with Crippen LogP contribution in [0, 0.1) is 0 Å². The minimum absolute atomic E-state index is 0.0295. The molecule has 0 atom stereocenters. The molecule has 0 unspecified atom stereocenters. The Bertz CT molecular complexity index is 946. The first-order valence-corrected chi connectivity index (χ1v) is 7.06. The predicted molar refractivity (Wildman–Crippen MR) is 87.3 cm³/mol. The number of nitrogens with zero attached hydrogens (tertiary/aromatic N) is 1. The largest absolute Gasteiger partial charge is 0.493 e. The molecule has 0 aromatic heterocycles. The Balaban J connectivity index is 2.27. The predicted octanol–water partition coefficient (Wildman–Crippen LogP) is 3.60. The normalized spacial score (nSPS) is 13.2. The van der Waals surface area contributed by atoms with Gasteiger partial charge in [0.25, 0.3) is 5.91 Å². The number of amides is 1. The molecular weight excluding hydrogens is 278 g/mol. The molecule has 1 heterocycles. The summed E-state index contributed by atoms with van der Waals surface area (Å²) in [6.07, 6.45) is 0. The molecule has 0 saturated carbocycles. The molecular formula is C18H15NO3. The number of hydrogen-bond donors (Lipinski definition) is 0. The highest BCUT2D eigenvalue weighted by Gasteiger charge is 2.28. The van der Waals surface area contributed by atoms with Gasteiger partial charge in [0.1, 0.15) is 0 Å². The summed E-state index contributed by atoms with van der Waals surface area (Å²) in [6.45, 7) is 0. The number of fused-ring (bicyclic) bond motifs is 2. The lowest BCUT2D eigenvalue weighted by Crippen LogP contribution is -2.20. The van der Waals surface area contributed by atoms with Gasteiger partial charge in [-0.25, -0.2) is 0 Å². The van der Waals surface area contributed by atoms with Crippen molar-refractivity contribution in [3.05, 3.63) is 42.0 Å². The lowest BCUT2D eigenvalue weighted by atomic mass is 9.97. The van der Waals surface area contributed by atoms with E-state index in [0.717, 1.165) is 32.8 Å². The molecule has 22 heavy (non-hydrogen) atoms. The Morgan fingerprint density at radius 3 is 2.55 bits per heavy atom. The number of ether oxygens (including phenoxy) is 2. The summed E-state index contributed by atoms with van der Waals surface area (Å²) in [5.74, 6) is 1.42. The molecule has 0 fully saturated rings. The van der Waals surface area contributed by atoms with E-state index in [1.807, 2.05) is 43.4 Å². The zero-order valence-electron chi connectivity index (χ0n) is 12.6. The van der Waals surface area contributed by atoms with Gasteiger partial charge in [0.2, 0.25) is 0 Å². The van der Waals surface area contributed by atoms with E-state index in [4.69, 9.17) is 9.47 Å². The summed E-state index contributed by atoms with van der Waals surface area (Å²) in [4.78, 5) is 14.1. The van der Waals surface area contributed by atoms with Crippen LogP contribution in [0.3, 0.4) is 0 Å². The van der Waals surface area contributed by atoms with Crippen LogP contribution in [0.2, 0.25) is 0 Å². The van der Waals surface area contributed by atoms with Crippen LogP contribution in [0.15, 0.2) is 36.4 Å². The third-order valence-electron chi connectivity index (χ3n) is 4.36. The van der Waals surface area contributed by atoms with Crippen molar-refractivity contribution >= 4 is 33.1 Å². The number of hydrogen-bond acceptors (Lipinski definition) is 3. The van der Waals surface area contributed by atoms with Crippen molar-refractivity contribution in [1.82, 2.24) is 0 Å². The fourth-order valence-electron chi connectivity index (χ4n) is 3.33.